The number of primary sulfonamides is 1. The fourth-order valence-corrected chi connectivity index (χ4v) is 4.92. The molecule has 3 rings (SSSR count). The molecule has 0 aliphatic heterocycles. The number of benzene rings is 2. The number of aromatic nitrogens is 1. The molecule has 3 aromatic rings. The summed E-state index contributed by atoms with van der Waals surface area (Å²) < 4.78 is 50.9. The average molecular weight is 491 g/mol. The minimum Gasteiger partial charge on any atom is -0.480 e. The molecule has 1 aromatic heterocycles. The van der Waals surface area contributed by atoms with E-state index in [2.05, 4.69) is 10.3 Å². The van der Waals surface area contributed by atoms with Gasteiger partial charge in [0.1, 0.15) is 11.4 Å². The summed E-state index contributed by atoms with van der Waals surface area (Å²) in [6.45, 7) is -0.344. The van der Waals surface area contributed by atoms with E-state index in [4.69, 9.17) is 10.2 Å². The quantitative estimate of drug-likeness (QED) is 0.386. The molecule has 1 heterocycles. The predicted molar refractivity (Wildman–Crippen MR) is 121 cm³/mol. The summed E-state index contributed by atoms with van der Waals surface area (Å²) in [5.41, 5.74) is 1.71. The zero-order valence-electron chi connectivity index (χ0n) is 17.3. The van der Waals surface area contributed by atoms with Gasteiger partial charge in [-0.15, -0.1) is 0 Å². The van der Waals surface area contributed by atoms with E-state index in [9.17, 15) is 21.6 Å². The third kappa shape index (κ3) is 6.58. The molecule has 0 fully saturated rings. The maximum Gasteiger partial charge on any atom is 0.322 e. The smallest absolute Gasteiger partial charge is 0.322 e. The van der Waals surface area contributed by atoms with E-state index in [0.29, 0.717) is 16.8 Å². The van der Waals surface area contributed by atoms with E-state index in [1.165, 1.54) is 53.1 Å². The predicted octanol–water partition coefficient (Wildman–Crippen LogP) is 1.62. The van der Waals surface area contributed by atoms with Crippen LogP contribution in [-0.2, 0) is 37.9 Å². The van der Waals surface area contributed by atoms with Crippen LogP contribution in [0.3, 0.4) is 0 Å². The van der Waals surface area contributed by atoms with Crippen LogP contribution >= 0.6 is 0 Å². The first-order valence-electron chi connectivity index (χ1n) is 9.62. The topological polar surface area (TPSA) is 160 Å². The van der Waals surface area contributed by atoms with Gasteiger partial charge in [0.05, 0.1) is 4.90 Å². The molecule has 12 heteroatoms. The second-order valence-electron chi connectivity index (χ2n) is 7.10. The Morgan fingerprint density at radius 2 is 1.64 bits per heavy atom. The second-order valence-corrected chi connectivity index (χ2v) is 10.6. The molecule has 0 atom stereocenters. The molecule has 0 unspecified atom stereocenters. The van der Waals surface area contributed by atoms with Gasteiger partial charge in [0, 0.05) is 31.2 Å². The molecular formula is C21H22N4O6S2. The van der Waals surface area contributed by atoms with Crippen molar-refractivity contribution in [2.75, 3.05) is 11.9 Å². The van der Waals surface area contributed by atoms with Crippen molar-refractivity contribution in [3.63, 3.8) is 0 Å². The fourth-order valence-electron chi connectivity index (χ4n) is 3.02. The summed E-state index contributed by atoms with van der Waals surface area (Å²) in [5.74, 6) is -1.02. The standard InChI is InChI=1S/C21H22N4O6S2/c22-32(28,29)19-8-6-16(7-9-19)14-25(33(30,31)20-5-2-10-23-12-20)15-17-3-1-4-18(11-17)24-13-21(26)27/h1-12,24H,13-15H2,(H,26,27)(H2,22,28,29). The van der Waals surface area contributed by atoms with Crippen LogP contribution in [0.4, 0.5) is 5.69 Å². The molecule has 2 aromatic carbocycles. The summed E-state index contributed by atoms with van der Waals surface area (Å²) in [5, 5.41) is 16.7. The highest BCUT2D eigenvalue weighted by Crippen LogP contribution is 2.22. The van der Waals surface area contributed by atoms with Crippen LogP contribution in [0.1, 0.15) is 11.1 Å². The lowest BCUT2D eigenvalue weighted by Gasteiger charge is -2.23. The molecule has 0 saturated heterocycles. The number of nitrogens with zero attached hydrogens (tertiary/aromatic N) is 2. The van der Waals surface area contributed by atoms with Crippen molar-refractivity contribution in [2.24, 2.45) is 5.14 Å². The lowest BCUT2D eigenvalue weighted by Crippen LogP contribution is -2.30. The lowest BCUT2D eigenvalue weighted by atomic mass is 10.2. The highest BCUT2D eigenvalue weighted by atomic mass is 32.2. The van der Waals surface area contributed by atoms with E-state index in [-0.39, 0.29) is 29.4 Å². The highest BCUT2D eigenvalue weighted by molar-refractivity contribution is 7.89. The Balaban J connectivity index is 1.93. The van der Waals surface area contributed by atoms with Gasteiger partial charge >= 0.3 is 5.97 Å². The highest BCUT2D eigenvalue weighted by Gasteiger charge is 2.25. The van der Waals surface area contributed by atoms with Gasteiger partial charge in [-0.2, -0.15) is 4.31 Å². The number of sulfonamides is 2. The zero-order valence-corrected chi connectivity index (χ0v) is 19.0. The Morgan fingerprint density at radius 3 is 2.24 bits per heavy atom. The first kappa shape index (κ1) is 24.3. The minimum absolute atomic E-state index is 0.00585. The number of hydrogen-bond donors (Lipinski definition) is 3. The summed E-state index contributed by atoms with van der Waals surface area (Å²) in [4.78, 5) is 14.6. The largest absolute Gasteiger partial charge is 0.480 e. The van der Waals surface area contributed by atoms with Crippen LogP contribution in [0.2, 0.25) is 0 Å². The summed E-state index contributed by atoms with van der Waals surface area (Å²) >= 11 is 0. The van der Waals surface area contributed by atoms with Gasteiger partial charge in [-0.3, -0.25) is 9.78 Å². The van der Waals surface area contributed by atoms with Crippen molar-refractivity contribution >= 4 is 31.7 Å². The molecule has 0 radical (unpaired) electrons. The molecule has 0 bridgehead atoms. The van der Waals surface area contributed by atoms with Gasteiger partial charge in [-0.05, 0) is 47.5 Å². The molecule has 0 amide bonds. The molecule has 0 aliphatic rings. The van der Waals surface area contributed by atoms with Gasteiger partial charge in [-0.1, -0.05) is 24.3 Å². The van der Waals surface area contributed by atoms with Crippen molar-refractivity contribution in [2.45, 2.75) is 22.9 Å². The summed E-state index contributed by atoms with van der Waals surface area (Å²) in [7, 11) is -7.83. The Kier molecular flexibility index (Phi) is 7.43. The van der Waals surface area contributed by atoms with Gasteiger partial charge < -0.3 is 10.4 Å². The Morgan fingerprint density at radius 1 is 0.939 bits per heavy atom. The van der Waals surface area contributed by atoms with Gasteiger partial charge in [0.2, 0.25) is 20.0 Å². The first-order chi connectivity index (χ1) is 15.6. The molecule has 0 aliphatic carbocycles. The second kappa shape index (κ2) is 10.1. The van der Waals surface area contributed by atoms with Crippen molar-refractivity contribution in [1.82, 2.24) is 9.29 Å². The van der Waals surface area contributed by atoms with Gasteiger partial charge in [0.25, 0.3) is 0 Å². The van der Waals surface area contributed by atoms with Gasteiger partial charge in [-0.25, -0.2) is 22.0 Å². The molecule has 33 heavy (non-hydrogen) atoms. The molecule has 4 N–H and O–H groups in total. The fraction of sp³-hybridized carbons (Fsp3) is 0.143. The summed E-state index contributed by atoms with van der Waals surface area (Å²) in [6.07, 6.45) is 2.71. The number of pyridine rings is 1. The monoisotopic (exact) mass is 490 g/mol. The van der Waals surface area contributed by atoms with Crippen molar-refractivity contribution in [1.29, 1.82) is 0 Å². The van der Waals surface area contributed by atoms with Crippen LogP contribution in [0.5, 0.6) is 0 Å². The maximum absolute atomic E-state index is 13.3. The van der Waals surface area contributed by atoms with E-state index in [1.807, 2.05) is 0 Å². The van der Waals surface area contributed by atoms with Crippen LogP contribution < -0.4 is 10.5 Å². The van der Waals surface area contributed by atoms with E-state index in [1.54, 1.807) is 24.3 Å². The molecule has 174 valence electrons. The van der Waals surface area contributed by atoms with Crippen LogP contribution in [0, 0.1) is 0 Å². The molecule has 0 saturated carbocycles. The SMILES string of the molecule is NS(=O)(=O)c1ccc(CN(Cc2cccc(NCC(=O)O)c2)S(=O)(=O)c2cccnc2)cc1. The van der Waals surface area contributed by atoms with E-state index < -0.39 is 26.0 Å². The number of carboxylic acid groups (broad SMARTS) is 1. The third-order valence-corrected chi connectivity index (χ3v) is 7.32. The number of nitrogens with two attached hydrogens (primary N) is 1. The number of carboxylic acids is 1. The summed E-state index contributed by atoms with van der Waals surface area (Å²) in [6, 6.07) is 15.3. The molecule has 0 spiro atoms. The van der Waals surface area contributed by atoms with Crippen LogP contribution in [-0.4, -0.2) is 43.7 Å². The van der Waals surface area contributed by atoms with Crippen LogP contribution in [0.25, 0.3) is 0 Å². The number of hydrogen-bond acceptors (Lipinski definition) is 7. The number of rotatable bonds is 10. The molecule has 10 nitrogen and oxygen atoms in total. The van der Waals surface area contributed by atoms with Crippen molar-refractivity contribution in [3.8, 4) is 0 Å². The number of nitrogens with one attached hydrogen (secondary N) is 1. The number of aliphatic carboxylic acids is 1. The molecular weight excluding hydrogens is 468 g/mol. The first-order valence-corrected chi connectivity index (χ1v) is 12.6. The third-order valence-electron chi connectivity index (χ3n) is 4.61. The zero-order chi connectivity index (χ0) is 24.1. The van der Waals surface area contributed by atoms with Gasteiger partial charge in [0.15, 0.2) is 0 Å². The Hall–Kier alpha value is -3.32. The number of carbonyl (C=O) groups is 1. The Bertz CT molecular complexity index is 1330. The number of anilines is 1. The van der Waals surface area contributed by atoms with Crippen molar-refractivity contribution < 1.29 is 26.7 Å². The lowest BCUT2D eigenvalue weighted by molar-refractivity contribution is -0.134. The Labute approximate surface area is 191 Å². The minimum atomic E-state index is -3.96. The maximum atomic E-state index is 13.3. The normalized spacial score (nSPS) is 11.9. The average Bonchev–Trinajstić information content (AvgIpc) is 2.78. The van der Waals surface area contributed by atoms with Crippen molar-refractivity contribution in [3.05, 3.63) is 84.2 Å². The van der Waals surface area contributed by atoms with E-state index in [0.717, 1.165) is 0 Å². The van der Waals surface area contributed by atoms with Crippen LogP contribution in [0.15, 0.2) is 82.8 Å². The van der Waals surface area contributed by atoms with E-state index >= 15 is 0 Å².